The highest BCUT2D eigenvalue weighted by Crippen LogP contribution is 2.23. The van der Waals surface area contributed by atoms with E-state index in [2.05, 4.69) is 10.6 Å². The molecule has 0 saturated carbocycles. The van der Waals surface area contributed by atoms with Gasteiger partial charge in [-0.2, -0.15) is 0 Å². The molecule has 0 aliphatic carbocycles. The number of rotatable bonds is 7. The molecule has 0 heterocycles. The van der Waals surface area contributed by atoms with Crippen LogP contribution in [0.1, 0.15) is 39.3 Å². The highest BCUT2D eigenvalue weighted by Gasteiger charge is 2.20. The number of carbonyl (C=O) groups is 2. The van der Waals surface area contributed by atoms with Crippen LogP contribution in [0.3, 0.4) is 0 Å². The lowest BCUT2D eigenvalue weighted by atomic mass is 9.96. The third kappa shape index (κ3) is 7.07. The van der Waals surface area contributed by atoms with E-state index in [4.69, 9.17) is 17.3 Å². The summed E-state index contributed by atoms with van der Waals surface area (Å²) in [6.07, 6.45) is 0. The molecule has 7 heteroatoms. The maximum atomic E-state index is 12.1. The summed E-state index contributed by atoms with van der Waals surface area (Å²) in [6, 6.07) is 6.61. The molecule has 0 aliphatic rings. The molecule has 0 saturated heterocycles. The molecule has 24 heavy (non-hydrogen) atoms. The fourth-order valence-electron chi connectivity index (χ4n) is 2.12. The van der Waals surface area contributed by atoms with E-state index in [1.165, 1.54) is 0 Å². The molecule has 1 rings (SSSR count). The molecule has 0 bridgehead atoms. The molecule has 2 atom stereocenters. The van der Waals surface area contributed by atoms with E-state index in [9.17, 15) is 9.59 Å². The van der Waals surface area contributed by atoms with Crippen molar-refractivity contribution in [2.45, 2.75) is 39.8 Å². The van der Waals surface area contributed by atoms with Gasteiger partial charge in [0.1, 0.15) is 0 Å². The Morgan fingerprint density at radius 2 is 1.62 bits per heavy atom. The van der Waals surface area contributed by atoms with Crippen LogP contribution in [-0.4, -0.2) is 24.4 Å². The summed E-state index contributed by atoms with van der Waals surface area (Å²) < 4.78 is 0. The minimum absolute atomic E-state index is 0. The Bertz CT molecular complexity index is 533. The van der Waals surface area contributed by atoms with Crippen molar-refractivity contribution < 1.29 is 9.59 Å². The number of halogens is 2. The van der Waals surface area contributed by atoms with Gasteiger partial charge in [0.2, 0.25) is 11.8 Å². The van der Waals surface area contributed by atoms with Gasteiger partial charge in [0.05, 0.1) is 18.6 Å². The van der Waals surface area contributed by atoms with E-state index < -0.39 is 6.04 Å². The molecule has 0 spiro atoms. The van der Waals surface area contributed by atoms with Crippen molar-refractivity contribution in [2.24, 2.45) is 17.6 Å². The number of amides is 2. The van der Waals surface area contributed by atoms with Crippen LogP contribution in [0.15, 0.2) is 24.3 Å². The topological polar surface area (TPSA) is 84.2 Å². The molecule has 0 fully saturated rings. The summed E-state index contributed by atoms with van der Waals surface area (Å²) in [4.78, 5) is 23.9. The Balaban J connectivity index is 0.00000529. The zero-order valence-corrected chi connectivity index (χ0v) is 16.1. The van der Waals surface area contributed by atoms with Gasteiger partial charge >= 0.3 is 0 Å². The summed E-state index contributed by atoms with van der Waals surface area (Å²) in [6.45, 7) is 7.68. The molecule has 2 amide bonds. The number of hydrogen-bond donors (Lipinski definition) is 3. The van der Waals surface area contributed by atoms with Crippen molar-refractivity contribution in [3.8, 4) is 0 Å². The first kappa shape index (κ1) is 22.7. The molecule has 136 valence electrons. The van der Waals surface area contributed by atoms with Crippen molar-refractivity contribution in [2.75, 3.05) is 6.54 Å². The molecule has 5 nitrogen and oxygen atoms in total. The quantitative estimate of drug-likeness (QED) is 0.684. The second-order valence-corrected chi connectivity index (χ2v) is 6.76. The maximum absolute atomic E-state index is 12.1. The highest BCUT2D eigenvalue weighted by atomic mass is 35.5. The van der Waals surface area contributed by atoms with Crippen molar-refractivity contribution in [1.82, 2.24) is 10.6 Å². The molecule has 0 aliphatic heterocycles. The summed E-state index contributed by atoms with van der Waals surface area (Å²) >= 11 is 5.89. The number of benzene rings is 1. The monoisotopic (exact) mass is 375 g/mol. The first-order valence-corrected chi connectivity index (χ1v) is 8.18. The normalized spacial score (nSPS) is 13.2. The molecular weight excluding hydrogens is 349 g/mol. The van der Waals surface area contributed by atoms with Crippen molar-refractivity contribution in [3.05, 3.63) is 34.9 Å². The van der Waals surface area contributed by atoms with Gasteiger partial charge in [-0.3, -0.25) is 9.59 Å². The third-order valence-electron chi connectivity index (χ3n) is 3.66. The Kier molecular flexibility index (Phi) is 9.97. The number of hydrogen-bond acceptors (Lipinski definition) is 3. The average molecular weight is 376 g/mol. The Labute approximate surface area is 155 Å². The zero-order valence-electron chi connectivity index (χ0n) is 14.5. The Morgan fingerprint density at radius 3 is 2.08 bits per heavy atom. The molecule has 4 N–H and O–H groups in total. The van der Waals surface area contributed by atoms with E-state index >= 15 is 0 Å². The third-order valence-corrected chi connectivity index (χ3v) is 3.91. The van der Waals surface area contributed by atoms with Crippen molar-refractivity contribution in [3.63, 3.8) is 0 Å². The maximum Gasteiger partial charge on any atom is 0.239 e. The van der Waals surface area contributed by atoms with Crippen LogP contribution in [-0.2, 0) is 9.59 Å². The Morgan fingerprint density at radius 1 is 1.08 bits per heavy atom. The van der Waals surface area contributed by atoms with Gasteiger partial charge in [0.25, 0.3) is 0 Å². The largest absolute Gasteiger partial charge is 0.348 e. The van der Waals surface area contributed by atoms with Gasteiger partial charge in [0.15, 0.2) is 0 Å². The molecule has 1 aromatic carbocycles. The van der Waals surface area contributed by atoms with Gasteiger partial charge < -0.3 is 16.4 Å². The fraction of sp³-hybridized carbons (Fsp3) is 0.529. The summed E-state index contributed by atoms with van der Waals surface area (Å²) in [7, 11) is 0. The van der Waals surface area contributed by atoms with Gasteiger partial charge in [-0.15, -0.1) is 12.4 Å². The lowest BCUT2D eigenvalue weighted by Gasteiger charge is -2.23. The van der Waals surface area contributed by atoms with Crippen LogP contribution in [0.2, 0.25) is 5.02 Å². The Hall–Kier alpha value is -1.30. The fourth-order valence-corrected chi connectivity index (χ4v) is 2.24. The zero-order chi connectivity index (χ0) is 17.6. The summed E-state index contributed by atoms with van der Waals surface area (Å²) in [5.74, 6) is -0.338. The lowest BCUT2D eigenvalue weighted by Crippen LogP contribution is -2.47. The molecule has 1 unspecified atom stereocenters. The van der Waals surface area contributed by atoms with E-state index in [-0.39, 0.29) is 48.6 Å². The number of carbonyl (C=O) groups excluding carboxylic acids is 2. The van der Waals surface area contributed by atoms with E-state index in [0.717, 1.165) is 5.56 Å². The van der Waals surface area contributed by atoms with E-state index in [1.807, 2.05) is 39.8 Å². The standard InChI is InChI=1S/C17H26ClN3O2.ClH/c1-10(2)15(19)17(23)20-9-14(22)21-16(11(3)4)12-5-7-13(18)8-6-12;/h5-8,10-11,15-16H,9,19H2,1-4H3,(H,20,23)(H,21,22);1H/t15-,16?;/m0./s1. The van der Waals surface area contributed by atoms with Gasteiger partial charge in [0, 0.05) is 5.02 Å². The lowest BCUT2D eigenvalue weighted by molar-refractivity contribution is -0.127. The summed E-state index contributed by atoms with van der Waals surface area (Å²) in [5.41, 5.74) is 6.72. The predicted molar refractivity (Wildman–Crippen MR) is 100 cm³/mol. The molecule has 1 aromatic rings. The first-order chi connectivity index (χ1) is 10.7. The average Bonchev–Trinajstić information content (AvgIpc) is 2.50. The second kappa shape index (κ2) is 10.5. The second-order valence-electron chi connectivity index (χ2n) is 6.33. The summed E-state index contributed by atoms with van der Waals surface area (Å²) in [5, 5.41) is 6.16. The van der Waals surface area contributed by atoms with Gasteiger partial charge in [-0.05, 0) is 29.5 Å². The minimum Gasteiger partial charge on any atom is -0.348 e. The van der Waals surface area contributed by atoms with Crippen molar-refractivity contribution in [1.29, 1.82) is 0 Å². The SMILES string of the molecule is CC(C)C(NC(=O)CNC(=O)[C@@H](N)C(C)C)c1ccc(Cl)cc1.Cl. The van der Waals surface area contributed by atoms with E-state index in [1.54, 1.807) is 12.1 Å². The number of nitrogens with two attached hydrogens (primary N) is 1. The minimum atomic E-state index is -0.611. The van der Waals surface area contributed by atoms with Crippen LogP contribution in [0, 0.1) is 11.8 Å². The van der Waals surface area contributed by atoms with Crippen LogP contribution in [0.4, 0.5) is 0 Å². The smallest absolute Gasteiger partial charge is 0.239 e. The van der Waals surface area contributed by atoms with Crippen LogP contribution >= 0.6 is 24.0 Å². The van der Waals surface area contributed by atoms with Gasteiger partial charge in [-0.25, -0.2) is 0 Å². The van der Waals surface area contributed by atoms with Crippen LogP contribution < -0.4 is 16.4 Å². The van der Waals surface area contributed by atoms with Crippen LogP contribution in [0.25, 0.3) is 0 Å². The molecular formula is C17H27Cl2N3O2. The number of nitrogens with one attached hydrogen (secondary N) is 2. The van der Waals surface area contributed by atoms with Crippen LogP contribution in [0.5, 0.6) is 0 Å². The molecule has 0 aromatic heterocycles. The highest BCUT2D eigenvalue weighted by molar-refractivity contribution is 6.30. The van der Waals surface area contributed by atoms with E-state index in [0.29, 0.717) is 5.02 Å². The predicted octanol–water partition coefficient (Wildman–Crippen LogP) is 2.67. The molecule has 0 radical (unpaired) electrons. The first-order valence-electron chi connectivity index (χ1n) is 7.80. The van der Waals surface area contributed by atoms with Gasteiger partial charge in [-0.1, -0.05) is 51.4 Å². The van der Waals surface area contributed by atoms with Crippen molar-refractivity contribution >= 4 is 35.8 Å².